The van der Waals surface area contributed by atoms with Gasteiger partial charge in [0.2, 0.25) is 5.91 Å². The lowest BCUT2D eigenvalue weighted by atomic mass is 9.93. The number of hydrogen-bond acceptors (Lipinski definition) is 3. The minimum Gasteiger partial charge on any atom is -0.349 e. The summed E-state index contributed by atoms with van der Waals surface area (Å²) in [5.74, 6) is 0.920. The van der Waals surface area contributed by atoms with Gasteiger partial charge in [0.25, 0.3) is 0 Å². The van der Waals surface area contributed by atoms with Crippen LogP contribution in [0.25, 0.3) is 0 Å². The van der Waals surface area contributed by atoms with Gasteiger partial charge in [0.15, 0.2) is 0 Å². The van der Waals surface area contributed by atoms with Crippen molar-refractivity contribution in [3.8, 4) is 0 Å². The van der Waals surface area contributed by atoms with E-state index in [1.54, 1.807) is 11.3 Å². The van der Waals surface area contributed by atoms with E-state index in [1.807, 2.05) is 18.4 Å². The molecule has 1 aromatic rings. The standard InChI is InChI=1S/C14H22N2OS/c1-11(13-3-2-10-18-13)16-14(17)5-4-12-6-8-15-9-7-12/h2-3,10-12,15H,4-9H2,1H3,(H,16,17). The highest BCUT2D eigenvalue weighted by molar-refractivity contribution is 7.10. The second-order valence-electron chi connectivity index (χ2n) is 5.04. The third kappa shape index (κ3) is 4.10. The van der Waals surface area contributed by atoms with Crippen LogP contribution in [0.2, 0.25) is 0 Å². The minimum absolute atomic E-state index is 0.144. The van der Waals surface area contributed by atoms with E-state index in [4.69, 9.17) is 0 Å². The Morgan fingerprint density at radius 1 is 1.56 bits per heavy atom. The lowest BCUT2D eigenvalue weighted by molar-refractivity contribution is -0.122. The number of piperidine rings is 1. The summed E-state index contributed by atoms with van der Waals surface area (Å²) in [4.78, 5) is 13.1. The van der Waals surface area contributed by atoms with Gasteiger partial charge in [-0.05, 0) is 56.6 Å². The van der Waals surface area contributed by atoms with Gasteiger partial charge in [0, 0.05) is 11.3 Å². The van der Waals surface area contributed by atoms with Gasteiger partial charge in [-0.3, -0.25) is 4.79 Å². The molecule has 1 aliphatic rings. The highest BCUT2D eigenvalue weighted by atomic mass is 32.1. The summed E-state index contributed by atoms with van der Waals surface area (Å²) in [6.07, 6.45) is 4.13. The van der Waals surface area contributed by atoms with Crippen molar-refractivity contribution in [2.75, 3.05) is 13.1 Å². The largest absolute Gasteiger partial charge is 0.349 e. The van der Waals surface area contributed by atoms with Crippen LogP contribution in [-0.4, -0.2) is 19.0 Å². The van der Waals surface area contributed by atoms with E-state index in [9.17, 15) is 4.79 Å². The summed E-state index contributed by atoms with van der Waals surface area (Å²) in [6, 6.07) is 4.24. The van der Waals surface area contributed by atoms with E-state index >= 15 is 0 Å². The summed E-state index contributed by atoms with van der Waals surface area (Å²) < 4.78 is 0. The lowest BCUT2D eigenvalue weighted by Gasteiger charge is -2.22. The fraction of sp³-hybridized carbons (Fsp3) is 0.643. The Hall–Kier alpha value is -0.870. The van der Waals surface area contributed by atoms with E-state index < -0.39 is 0 Å². The van der Waals surface area contributed by atoms with Crippen LogP contribution in [0.3, 0.4) is 0 Å². The smallest absolute Gasteiger partial charge is 0.220 e. The van der Waals surface area contributed by atoms with Gasteiger partial charge >= 0.3 is 0 Å². The Bertz CT molecular complexity index is 358. The molecule has 0 radical (unpaired) electrons. The predicted octanol–water partition coefficient (Wildman–Crippen LogP) is 2.71. The zero-order valence-electron chi connectivity index (χ0n) is 10.9. The van der Waals surface area contributed by atoms with Gasteiger partial charge in [-0.2, -0.15) is 0 Å². The Balaban J connectivity index is 1.68. The average Bonchev–Trinajstić information content (AvgIpc) is 2.91. The maximum absolute atomic E-state index is 11.9. The summed E-state index contributed by atoms with van der Waals surface area (Å²) >= 11 is 1.70. The maximum atomic E-state index is 11.9. The molecule has 0 aromatic carbocycles. The van der Waals surface area contributed by atoms with Crippen LogP contribution in [0.15, 0.2) is 17.5 Å². The molecule has 4 heteroatoms. The molecule has 18 heavy (non-hydrogen) atoms. The van der Waals surface area contributed by atoms with Crippen molar-refractivity contribution in [2.24, 2.45) is 5.92 Å². The van der Waals surface area contributed by atoms with Crippen molar-refractivity contribution >= 4 is 17.2 Å². The third-order valence-corrected chi connectivity index (χ3v) is 4.64. The predicted molar refractivity (Wildman–Crippen MR) is 75.7 cm³/mol. The molecule has 2 heterocycles. The monoisotopic (exact) mass is 266 g/mol. The van der Waals surface area contributed by atoms with Crippen molar-refractivity contribution in [1.82, 2.24) is 10.6 Å². The minimum atomic E-state index is 0.144. The van der Waals surface area contributed by atoms with Crippen molar-refractivity contribution in [2.45, 2.75) is 38.6 Å². The van der Waals surface area contributed by atoms with E-state index in [0.29, 0.717) is 6.42 Å². The Morgan fingerprint density at radius 3 is 3.00 bits per heavy atom. The number of carbonyl (C=O) groups excluding carboxylic acids is 1. The molecule has 1 unspecified atom stereocenters. The molecule has 3 nitrogen and oxygen atoms in total. The zero-order valence-corrected chi connectivity index (χ0v) is 11.8. The summed E-state index contributed by atoms with van der Waals surface area (Å²) in [5.41, 5.74) is 0. The molecular weight excluding hydrogens is 244 g/mol. The van der Waals surface area contributed by atoms with Crippen molar-refractivity contribution in [3.63, 3.8) is 0 Å². The van der Waals surface area contributed by atoms with E-state index in [-0.39, 0.29) is 11.9 Å². The van der Waals surface area contributed by atoms with Gasteiger partial charge in [0.1, 0.15) is 0 Å². The Kier molecular flexibility index (Phi) is 5.20. The first kappa shape index (κ1) is 13.6. The zero-order chi connectivity index (χ0) is 12.8. The molecular formula is C14H22N2OS. The van der Waals surface area contributed by atoms with Crippen LogP contribution in [0, 0.1) is 5.92 Å². The van der Waals surface area contributed by atoms with Crippen LogP contribution in [0.1, 0.15) is 43.5 Å². The van der Waals surface area contributed by atoms with Gasteiger partial charge in [-0.25, -0.2) is 0 Å². The SMILES string of the molecule is CC(NC(=O)CCC1CCNCC1)c1cccs1. The number of carbonyl (C=O) groups is 1. The molecule has 1 fully saturated rings. The lowest BCUT2D eigenvalue weighted by Crippen LogP contribution is -2.30. The van der Waals surface area contributed by atoms with E-state index in [1.165, 1.54) is 17.7 Å². The van der Waals surface area contributed by atoms with E-state index in [0.717, 1.165) is 25.4 Å². The quantitative estimate of drug-likeness (QED) is 0.860. The molecule has 2 rings (SSSR count). The molecule has 0 aliphatic carbocycles. The number of hydrogen-bond donors (Lipinski definition) is 2. The van der Waals surface area contributed by atoms with Crippen molar-refractivity contribution in [3.05, 3.63) is 22.4 Å². The van der Waals surface area contributed by atoms with E-state index in [2.05, 4.69) is 16.7 Å². The summed E-state index contributed by atoms with van der Waals surface area (Å²) in [6.45, 7) is 4.27. The first-order valence-corrected chi connectivity index (χ1v) is 7.67. The van der Waals surface area contributed by atoms with Gasteiger partial charge in [0.05, 0.1) is 6.04 Å². The Labute approximate surface area is 113 Å². The molecule has 1 aliphatic heterocycles. The normalized spacial score (nSPS) is 18.5. The molecule has 0 spiro atoms. The fourth-order valence-electron chi connectivity index (χ4n) is 2.43. The highest BCUT2D eigenvalue weighted by Gasteiger charge is 2.15. The van der Waals surface area contributed by atoms with Gasteiger partial charge < -0.3 is 10.6 Å². The number of amides is 1. The molecule has 1 aromatic heterocycles. The summed E-state index contributed by atoms with van der Waals surface area (Å²) in [7, 11) is 0. The van der Waals surface area contributed by atoms with Crippen LogP contribution in [0.5, 0.6) is 0 Å². The molecule has 0 saturated carbocycles. The number of nitrogens with one attached hydrogen (secondary N) is 2. The number of thiophene rings is 1. The topological polar surface area (TPSA) is 41.1 Å². The van der Waals surface area contributed by atoms with Crippen LogP contribution >= 0.6 is 11.3 Å². The second-order valence-corrected chi connectivity index (χ2v) is 6.02. The summed E-state index contributed by atoms with van der Waals surface area (Å²) in [5, 5.41) is 8.48. The molecule has 1 saturated heterocycles. The van der Waals surface area contributed by atoms with Crippen molar-refractivity contribution in [1.29, 1.82) is 0 Å². The molecule has 1 atom stereocenters. The van der Waals surface area contributed by atoms with Gasteiger partial charge in [-0.1, -0.05) is 6.07 Å². The highest BCUT2D eigenvalue weighted by Crippen LogP contribution is 2.20. The molecule has 0 bridgehead atoms. The van der Waals surface area contributed by atoms with Crippen LogP contribution < -0.4 is 10.6 Å². The van der Waals surface area contributed by atoms with Crippen LogP contribution in [0.4, 0.5) is 0 Å². The molecule has 100 valence electrons. The average molecular weight is 266 g/mol. The first-order valence-electron chi connectivity index (χ1n) is 6.79. The molecule has 2 N–H and O–H groups in total. The Morgan fingerprint density at radius 2 is 2.33 bits per heavy atom. The van der Waals surface area contributed by atoms with Gasteiger partial charge in [-0.15, -0.1) is 11.3 Å². The molecule has 1 amide bonds. The second kappa shape index (κ2) is 6.90. The number of rotatable bonds is 5. The maximum Gasteiger partial charge on any atom is 0.220 e. The fourth-order valence-corrected chi connectivity index (χ4v) is 3.16. The third-order valence-electron chi connectivity index (χ3n) is 3.59. The van der Waals surface area contributed by atoms with Crippen LogP contribution in [-0.2, 0) is 4.79 Å². The van der Waals surface area contributed by atoms with Crippen molar-refractivity contribution < 1.29 is 4.79 Å². The first-order chi connectivity index (χ1) is 8.75.